The number of nitrogens with one attached hydrogen (secondary N) is 1. The van der Waals surface area contributed by atoms with Crippen LogP contribution in [0.15, 0.2) is 72.8 Å². The maximum absolute atomic E-state index is 12.4. The maximum atomic E-state index is 12.4. The fraction of sp³-hybridized carbons (Fsp3) is 0.231. The zero-order chi connectivity index (χ0) is 22.5. The van der Waals surface area contributed by atoms with Gasteiger partial charge < -0.3 is 0 Å². The predicted octanol–water partition coefficient (Wildman–Crippen LogP) is 4.61. The molecular formula is C26H25NO4Se. The van der Waals surface area contributed by atoms with E-state index in [0.717, 1.165) is 27.6 Å². The number of benzene rings is 3. The first-order valence-electron chi connectivity index (χ1n) is 10.5. The number of rotatable bonds is 8. The molecule has 1 aliphatic carbocycles. The molecule has 0 radical (unpaired) electrons. The van der Waals surface area contributed by atoms with Crippen LogP contribution in [0.25, 0.3) is 11.1 Å². The molecule has 0 aliphatic heterocycles. The summed E-state index contributed by atoms with van der Waals surface area (Å²) in [6.07, 6.45) is -0.689. The van der Waals surface area contributed by atoms with Crippen molar-refractivity contribution in [3.63, 3.8) is 0 Å². The number of hydrogen-bond acceptors (Lipinski definition) is 3. The molecule has 4 rings (SSSR count). The van der Waals surface area contributed by atoms with Gasteiger partial charge in [0, 0.05) is 0 Å². The van der Waals surface area contributed by atoms with Gasteiger partial charge in [-0.05, 0) is 0 Å². The van der Waals surface area contributed by atoms with Crippen molar-refractivity contribution in [2.75, 3.05) is 6.61 Å². The number of alkyl carbamates (subject to hydrolysis) is 1. The Balaban J connectivity index is 1.33. The summed E-state index contributed by atoms with van der Waals surface area (Å²) in [5.41, 5.74) is 6.93. The van der Waals surface area contributed by atoms with Gasteiger partial charge in [0.15, 0.2) is 0 Å². The van der Waals surface area contributed by atoms with Crippen LogP contribution in [-0.4, -0.2) is 44.8 Å². The van der Waals surface area contributed by atoms with Gasteiger partial charge in [-0.2, -0.15) is 0 Å². The van der Waals surface area contributed by atoms with Gasteiger partial charge in [-0.25, -0.2) is 0 Å². The van der Waals surface area contributed by atoms with Crippen LogP contribution in [-0.2, 0) is 14.9 Å². The summed E-state index contributed by atoms with van der Waals surface area (Å²) < 4.78 is 5.49. The molecule has 1 aliphatic rings. The van der Waals surface area contributed by atoms with E-state index in [9.17, 15) is 14.7 Å². The van der Waals surface area contributed by atoms with Crippen molar-refractivity contribution >= 4 is 27.0 Å². The SMILES string of the molecule is Cc1ccc(C[Se]CC(NC(=O)OCC2c3ccccc3-c3ccccc32)C(=O)O)cc1. The number of aryl methyl sites for hydroxylation is 1. The molecule has 0 bridgehead atoms. The van der Waals surface area contributed by atoms with Crippen LogP contribution >= 0.6 is 0 Å². The third kappa shape index (κ3) is 5.04. The second-order valence-electron chi connectivity index (χ2n) is 7.86. The molecule has 6 heteroatoms. The van der Waals surface area contributed by atoms with Gasteiger partial charge in [-0.1, -0.05) is 0 Å². The number of carboxylic acid groups (broad SMARTS) is 1. The van der Waals surface area contributed by atoms with Crippen LogP contribution in [0.3, 0.4) is 0 Å². The van der Waals surface area contributed by atoms with E-state index in [1.807, 2.05) is 31.2 Å². The topological polar surface area (TPSA) is 75.6 Å². The zero-order valence-electron chi connectivity index (χ0n) is 17.8. The van der Waals surface area contributed by atoms with Gasteiger partial charge in [-0.3, -0.25) is 0 Å². The molecule has 2 N–H and O–H groups in total. The molecule has 0 saturated heterocycles. The molecule has 3 aromatic carbocycles. The Morgan fingerprint density at radius 2 is 1.56 bits per heavy atom. The summed E-state index contributed by atoms with van der Waals surface area (Å²) in [5.74, 6) is -1.09. The Kier molecular flexibility index (Phi) is 6.93. The van der Waals surface area contributed by atoms with Crippen LogP contribution < -0.4 is 5.32 Å². The first-order chi connectivity index (χ1) is 15.5. The molecule has 1 amide bonds. The average molecular weight is 494 g/mol. The number of hydrogen-bond donors (Lipinski definition) is 2. The summed E-state index contributed by atoms with van der Waals surface area (Å²) in [5, 5.41) is 13.3. The quantitative estimate of drug-likeness (QED) is 0.449. The predicted molar refractivity (Wildman–Crippen MR) is 125 cm³/mol. The van der Waals surface area contributed by atoms with Crippen molar-refractivity contribution < 1.29 is 19.4 Å². The second-order valence-corrected chi connectivity index (χ2v) is 10.0. The van der Waals surface area contributed by atoms with E-state index < -0.39 is 18.1 Å². The molecular weight excluding hydrogens is 469 g/mol. The molecule has 0 heterocycles. The Hall–Kier alpha value is -3.08. The molecule has 5 nitrogen and oxygen atoms in total. The minimum absolute atomic E-state index is 0.0505. The number of carbonyl (C=O) groups is 2. The molecule has 164 valence electrons. The average Bonchev–Trinajstić information content (AvgIpc) is 3.12. The van der Waals surface area contributed by atoms with Gasteiger partial charge in [0.25, 0.3) is 0 Å². The van der Waals surface area contributed by atoms with E-state index in [1.54, 1.807) is 0 Å². The van der Waals surface area contributed by atoms with Crippen LogP contribution in [0.5, 0.6) is 0 Å². The number of carboxylic acids is 1. The Morgan fingerprint density at radius 1 is 0.969 bits per heavy atom. The molecule has 32 heavy (non-hydrogen) atoms. The molecule has 0 fully saturated rings. The van der Waals surface area contributed by atoms with Crippen molar-refractivity contribution in [1.82, 2.24) is 5.32 Å². The zero-order valence-corrected chi connectivity index (χ0v) is 19.5. The van der Waals surface area contributed by atoms with E-state index in [2.05, 4.69) is 53.8 Å². The first kappa shape index (κ1) is 22.1. The number of amides is 1. The Morgan fingerprint density at radius 3 is 2.16 bits per heavy atom. The first-order valence-corrected chi connectivity index (χ1v) is 12.9. The standard InChI is InChI=1S/C26H25NO4Se/c1-17-10-12-18(13-11-17)15-32-16-24(25(28)29)27-26(30)31-14-23-21-8-4-2-6-19(21)20-7-3-5-9-22(20)23/h2-13,23-24H,14-16H2,1H3,(H,27,30)(H,28,29). The third-order valence-electron chi connectivity index (χ3n) is 5.61. The fourth-order valence-electron chi connectivity index (χ4n) is 3.94. The molecule has 0 aromatic heterocycles. The van der Waals surface area contributed by atoms with Crippen molar-refractivity contribution in [1.29, 1.82) is 0 Å². The number of aliphatic carboxylic acids is 1. The molecule has 0 saturated carbocycles. The number of carbonyl (C=O) groups excluding carboxylic acids is 1. The Labute approximate surface area is 194 Å². The van der Waals surface area contributed by atoms with Gasteiger partial charge in [-0.15, -0.1) is 0 Å². The van der Waals surface area contributed by atoms with E-state index in [0.29, 0.717) is 5.32 Å². The summed E-state index contributed by atoms with van der Waals surface area (Å²) >= 11 is 0.0505. The summed E-state index contributed by atoms with van der Waals surface area (Å²) in [6, 6.07) is 23.5. The van der Waals surface area contributed by atoms with Crippen LogP contribution in [0.1, 0.15) is 28.2 Å². The van der Waals surface area contributed by atoms with Gasteiger partial charge >= 0.3 is 194 Å². The monoisotopic (exact) mass is 495 g/mol. The van der Waals surface area contributed by atoms with E-state index in [1.165, 1.54) is 11.1 Å². The Bertz CT molecular complexity index is 1070. The molecule has 0 spiro atoms. The van der Waals surface area contributed by atoms with E-state index >= 15 is 0 Å². The van der Waals surface area contributed by atoms with Crippen LogP contribution in [0, 0.1) is 6.92 Å². The van der Waals surface area contributed by atoms with Gasteiger partial charge in [0.1, 0.15) is 0 Å². The molecule has 3 aromatic rings. The normalized spacial score (nSPS) is 13.2. The number of fused-ring (bicyclic) bond motifs is 3. The summed E-state index contributed by atoms with van der Waals surface area (Å²) in [6.45, 7) is 2.20. The van der Waals surface area contributed by atoms with Crippen molar-refractivity contribution in [2.45, 2.75) is 29.5 Å². The third-order valence-corrected chi connectivity index (χ3v) is 7.93. The van der Waals surface area contributed by atoms with Crippen LogP contribution in [0.2, 0.25) is 5.32 Å². The van der Waals surface area contributed by atoms with Gasteiger partial charge in [0.05, 0.1) is 0 Å². The van der Waals surface area contributed by atoms with Gasteiger partial charge in [0.2, 0.25) is 0 Å². The van der Waals surface area contributed by atoms with Crippen molar-refractivity contribution in [3.05, 3.63) is 95.1 Å². The van der Waals surface area contributed by atoms with Crippen molar-refractivity contribution in [2.24, 2.45) is 0 Å². The summed E-state index contributed by atoms with van der Waals surface area (Å²) in [4.78, 5) is 24.1. The fourth-order valence-corrected chi connectivity index (χ4v) is 6.05. The molecule has 1 atom stereocenters. The van der Waals surface area contributed by atoms with Crippen molar-refractivity contribution in [3.8, 4) is 11.1 Å². The second kappa shape index (κ2) is 10.0. The molecule has 1 unspecified atom stereocenters. The summed E-state index contributed by atoms with van der Waals surface area (Å²) in [7, 11) is 0. The van der Waals surface area contributed by atoms with E-state index in [4.69, 9.17) is 4.74 Å². The minimum atomic E-state index is -1.04. The number of ether oxygens (including phenoxy) is 1. The van der Waals surface area contributed by atoms with E-state index in [-0.39, 0.29) is 27.5 Å². The van der Waals surface area contributed by atoms with Crippen LogP contribution in [0.4, 0.5) is 4.79 Å².